The molecule has 0 radical (unpaired) electrons. The van der Waals surface area contributed by atoms with Gasteiger partial charge in [0.1, 0.15) is 11.6 Å². The van der Waals surface area contributed by atoms with E-state index in [1.807, 2.05) is 0 Å². The van der Waals surface area contributed by atoms with Crippen molar-refractivity contribution in [1.82, 2.24) is 0 Å². The number of alkyl halides is 4. The quantitative estimate of drug-likeness (QED) is 0.568. The Labute approximate surface area is 101 Å². The second-order valence-electron chi connectivity index (χ2n) is 4.29. The Morgan fingerprint density at radius 1 is 1.44 bits per heavy atom. The molecule has 1 saturated heterocycles. The van der Waals surface area contributed by atoms with E-state index in [4.69, 9.17) is 0 Å². The zero-order chi connectivity index (χ0) is 14.2. The van der Waals surface area contributed by atoms with Gasteiger partial charge >= 0.3 is 12.1 Å². The molecule has 0 aromatic heterocycles. The minimum atomic E-state index is -4.86. The minimum Gasteiger partial charge on any atom is -0.468 e. The lowest BCUT2D eigenvalue weighted by molar-refractivity contribution is -0.186. The van der Waals surface area contributed by atoms with Crippen LogP contribution in [0.15, 0.2) is 0 Å². The van der Waals surface area contributed by atoms with Gasteiger partial charge in [-0.15, -0.1) is 0 Å². The summed E-state index contributed by atoms with van der Waals surface area (Å²) in [5.41, 5.74) is -2.68. The van der Waals surface area contributed by atoms with Crippen molar-refractivity contribution in [2.24, 2.45) is 5.41 Å². The topological polar surface area (TPSA) is 60.4 Å². The molecule has 2 unspecified atom stereocenters. The van der Waals surface area contributed by atoms with E-state index < -0.39 is 57.9 Å². The number of esters is 1. The summed E-state index contributed by atoms with van der Waals surface area (Å²) in [5, 5.41) is 0. The van der Waals surface area contributed by atoms with E-state index in [1.54, 1.807) is 0 Å². The van der Waals surface area contributed by atoms with Crippen molar-refractivity contribution >= 4 is 15.8 Å². The molecule has 1 aliphatic heterocycles. The molecule has 9 heteroatoms. The Hall–Kier alpha value is -0.860. The van der Waals surface area contributed by atoms with Crippen molar-refractivity contribution in [3.8, 4) is 0 Å². The van der Waals surface area contributed by atoms with E-state index in [9.17, 15) is 30.8 Å². The summed E-state index contributed by atoms with van der Waals surface area (Å²) in [5.74, 6) is -3.21. The monoisotopic (exact) mass is 292 g/mol. The minimum absolute atomic E-state index is 0.565. The highest BCUT2D eigenvalue weighted by Crippen LogP contribution is 2.43. The van der Waals surface area contributed by atoms with E-state index in [2.05, 4.69) is 4.74 Å². The molecule has 0 N–H and O–H groups in total. The van der Waals surface area contributed by atoms with Crippen molar-refractivity contribution < 1.29 is 35.5 Å². The number of carbonyl (C=O) groups is 1. The van der Waals surface area contributed by atoms with Crippen LogP contribution in [0.4, 0.5) is 17.6 Å². The van der Waals surface area contributed by atoms with Crippen LogP contribution >= 0.6 is 0 Å². The first-order valence-electron chi connectivity index (χ1n) is 5.02. The van der Waals surface area contributed by atoms with E-state index in [1.165, 1.54) is 0 Å². The molecule has 0 aromatic carbocycles. The maximum atomic E-state index is 13.7. The SMILES string of the molecule is COC(=O)C1(CC(F)(F)F)CS(=O)(=O)CCC1F. The number of methoxy groups -OCH3 is 1. The van der Waals surface area contributed by atoms with Gasteiger partial charge in [-0.25, -0.2) is 12.8 Å². The molecule has 1 fully saturated rings. The summed E-state index contributed by atoms with van der Waals surface area (Å²) in [4.78, 5) is 11.4. The van der Waals surface area contributed by atoms with Crippen molar-refractivity contribution in [2.75, 3.05) is 18.6 Å². The number of halogens is 4. The summed E-state index contributed by atoms with van der Waals surface area (Å²) < 4.78 is 78.0. The summed E-state index contributed by atoms with van der Waals surface area (Å²) in [6, 6.07) is 0. The maximum absolute atomic E-state index is 13.7. The molecule has 1 heterocycles. The fourth-order valence-corrected chi connectivity index (χ4v) is 3.99. The van der Waals surface area contributed by atoms with Crippen LogP contribution in [0.1, 0.15) is 12.8 Å². The lowest BCUT2D eigenvalue weighted by Crippen LogP contribution is -2.53. The Balaban J connectivity index is 3.21. The fourth-order valence-electron chi connectivity index (χ4n) is 2.10. The molecule has 2 atom stereocenters. The third kappa shape index (κ3) is 3.12. The van der Waals surface area contributed by atoms with Crippen molar-refractivity contribution in [1.29, 1.82) is 0 Å². The van der Waals surface area contributed by atoms with E-state index in [0.29, 0.717) is 0 Å². The third-order valence-electron chi connectivity index (χ3n) is 2.87. The van der Waals surface area contributed by atoms with Crippen LogP contribution in [-0.2, 0) is 19.4 Å². The van der Waals surface area contributed by atoms with Crippen molar-refractivity contribution in [2.45, 2.75) is 25.2 Å². The van der Waals surface area contributed by atoms with Crippen molar-refractivity contribution in [3.63, 3.8) is 0 Å². The van der Waals surface area contributed by atoms with Gasteiger partial charge in [-0.05, 0) is 6.42 Å². The van der Waals surface area contributed by atoms with Crippen LogP contribution in [0, 0.1) is 5.41 Å². The van der Waals surface area contributed by atoms with Crippen LogP contribution in [0.5, 0.6) is 0 Å². The summed E-state index contributed by atoms with van der Waals surface area (Å²) in [6.45, 7) is 0. The molecular formula is C9H12F4O4S. The third-order valence-corrected chi connectivity index (χ3v) is 4.68. The Morgan fingerprint density at radius 3 is 2.44 bits per heavy atom. The molecule has 1 aliphatic rings. The zero-order valence-electron chi connectivity index (χ0n) is 9.46. The normalized spacial score (nSPS) is 31.9. The van der Waals surface area contributed by atoms with Gasteiger partial charge in [-0.3, -0.25) is 4.79 Å². The molecule has 0 bridgehead atoms. The maximum Gasteiger partial charge on any atom is 0.390 e. The number of carbonyl (C=O) groups excluding carboxylic acids is 1. The predicted octanol–water partition coefficient (Wildman–Crippen LogP) is 1.25. The molecule has 0 amide bonds. The highest BCUT2D eigenvalue weighted by molar-refractivity contribution is 7.91. The highest BCUT2D eigenvalue weighted by atomic mass is 32.2. The van der Waals surface area contributed by atoms with Gasteiger partial charge in [0.2, 0.25) is 0 Å². The van der Waals surface area contributed by atoms with Crippen LogP contribution in [0.25, 0.3) is 0 Å². The fraction of sp³-hybridized carbons (Fsp3) is 0.889. The summed E-state index contributed by atoms with van der Waals surface area (Å²) in [7, 11) is -3.09. The molecule has 106 valence electrons. The average molecular weight is 292 g/mol. The summed E-state index contributed by atoms with van der Waals surface area (Å²) in [6.07, 6.45) is -9.51. The van der Waals surface area contributed by atoms with Gasteiger partial charge in [-0.2, -0.15) is 13.2 Å². The second kappa shape index (κ2) is 4.67. The molecular weight excluding hydrogens is 280 g/mol. The first-order valence-corrected chi connectivity index (χ1v) is 6.84. The molecule has 0 aliphatic carbocycles. The molecule has 4 nitrogen and oxygen atoms in total. The highest BCUT2D eigenvalue weighted by Gasteiger charge is 2.58. The van der Waals surface area contributed by atoms with E-state index >= 15 is 0 Å². The Bertz CT molecular complexity index is 430. The molecule has 0 spiro atoms. The Morgan fingerprint density at radius 2 is 2.00 bits per heavy atom. The largest absolute Gasteiger partial charge is 0.468 e. The van der Waals surface area contributed by atoms with Crippen LogP contribution in [0.2, 0.25) is 0 Å². The van der Waals surface area contributed by atoms with Gasteiger partial charge < -0.3 is 4.74 Å². The number of sulfone groups is 1. The molecule has 1 rings (SSSR count). The smallest absolute Gasteiger partial charge is 0.390 e. The molecule has 0 aromatic rings. The van der Waals surface area contributed by atoms with Gasteiger partial charge in [0.15, 0.2) is 9.84 Å². The predicted molar refractivity (Wildman–Crippen MR) is 53.3 cm³/mol. The van der Waals surface area contributed by atoms with Crippen LogP contribution in [0.3, 0.4) is 0 Å². The van der Waals surface area contributed by atoms with Crippen LogP contribution in [-0.4, -0.2) is 45.4 Å². The van der Waals surface area contributed by atoms with E-state index in [0.717, 1.165) is 7.11 Å². The second-order valence-corrected chi connectivity index (χ2v) is 6.47. The number of rotatable bonds is 2. The van der Waals surface area contributed by atoms with Gasteiger partial charge in [-0.1, -0.05) is 0 Å². The number of hydrogen-bond donors (Lipinski definition) is 0. The van der Waals surface area contributed by atoms with Gasteiger partial charge in [0, 0.05) is 0 Å². The van der Waals surface area contributed by atoms with E-state index in [-0.39, 0.29) is 0 Å². The summed E-state index contributed by atoms with van der Waals surface area (Å²) >= 11 is 0. The zero-order valence-corrected chi connectivity index (χ0v) is 10.3. The molecule has 18 heavy (non-hydrogen) atoms. The lowest BCUT2D eigenvalue weighted by atomic mass is 9.79. The first kappa shape index (κ1) is 15.2. The number of hydrogen-bond acceptors (Lipinski definition) is 4. The average Bonchev–Trinajstić information content (AvgIpc) is 2.19. The van der Waals surface area contributed by atoms with Crippen molar-refractivity contribution in [3.05, 3.63) is 0 Å². The van der Waals surface area contributed by atoms with Gasteiger partial charge in [0.25, 0.3) is 0 Å². The number of ether oxygens (including phenoxy) is 1. The first-order chi connectivity index (χ1) is 8.02. The lowest BCUT2D eigenvalue weighted by Gasteiger charge is -2.37. The van der Waals surface area contributed by atoms with Crippen LogP contribution < -0.4 is 0 Å². The standard InChI is InChI=1S/C9H12F4O4S/c1-17-7(14)8(4-9(11,12)13)5-18(15,16)3-2-6(8)10/h6H,2-5H2,1H3. The Kier molecular flexibility index (Phi) is 3.94. The molecule has 0 saturated carbocycles. The van der Waals surface area contributed by atoms with Gasteiger partial charge in [0.05, 0.1) is 25.0 Å².